The Morgan fingerprint density at radius 2 is 1.81 bits per heavy atom. The van der Waals surface area contributed by atoms with Gasteiger partial charge < -0.3 is 15.7 Å². The van der Waals surface area contributed by atoms with E-state index in [1.807, 2.05) is 67.8 Å². The molecule has 0 heterocycles. The Morgan fingerprint density at radius 3 is 2.19 bits per heavy atom. The summed E-state index contributed by atoms with van der Waals surface area (Å²) < 4.78 is -0.918. The van der Waals surface area contributed by atoms with Crippen LogP contribution in [0.15, 0.2) is 20.9 Å². The second-order valence-electron chi connectivity index (χ2n) is 4.08. The van der Waals surface area contributed by atoms with Crippen LogP contribution in [0.3, 0.4) is 0 Å². The van der Waals surface area contributed by atoms with Crippen molar-refractivity contribution in [3.05, 3.63) is 20.9 Å². The first-order valence-electron chi connectivity index (χ1n) is 5.34. The molecule has 0 spiro atoms. The summed E-state index contributed by atoms with van der Waals surface area (Å²) in [6.45, 7) is 2.70. The van der Waals surface area contributed by atoms with Gasteiger partial charge in [0, 0.05) is 17.4 Å². The Kier molecular flexibility index (Phi) is 9.25. The first-order chi connectivity index (χ1) is 9.08. The number of carbonyl (C=O) groups is 3. The van der Waals surface area contributed by atoms with Crippen LogP contribution in [-0.4, -0.2) is 59.9 Å². The molecule has 6 nitrogen and oxygen atoms in total. The van der Waals surface area contributed by atoms with E-state index in [9.17, 15) is 19.5 Å². The SMILES string of the molecule is CC(=O)NC1=CC(I)(NC(C)=O)C(I)C(C(=O)O)=C1I.[NaH]. The standard InChI is InChI=1S/C11H11I3N2O4.Na.H/c1-4(17)15-6-3-11(14,16-5(2)18)9(13)7(8(6)12)10(19)20;;/h3,9H,1-2H3,(H,15,17)(H,16,18)(H,19,20);;. The second-order valence-corrected chi connectivity index (χ2v) is 8.19. The third-order valence-electron chi connectivity index (χ3n) is 2.36. The molecule has 0 aliphatic heterocycles. The van der Waals surface area contributed by atoms with Crippen molar-refractivity contribution in [1.82, 2.24) is 10.6 Å². The van der Waals surface area contributed by atoms with E-state index >= 15 is 0 Å². The normalized spacial score (nSPS) is 24.6. The summed E-state index contributed by atoms with van der Waals surface area (Å²) in [6.07, 6.45) is 1.67. The van der Waals surface area contributed by atoms with Crippen molar-refractivity contribution in [2.45, 2.75) is 21.3 Å². The zero-order valence-electron chi connectivity index (χ0n) is 10.5. The van der Waals surface area contributed by atoms with E-state index in [0.717, 1.165) is 0 Å². The van der Waals surface area contributed by atoms with Gasteiger partial charge in [0.15, 0.2) is 0 Å². The van der Waals surface area contributed by atoms with Gasteiger partial charge >= 0.3 is 35.5 Å². The molecule has 0 bridgehead atoms. The number of carboxylic acids is 1. The molecule has 10 heteroatoms. The average Bonchev–Trinajstić information content (AvgIpc) is 2.24. The number of hydrogen-bond acceptors (Lipinski definition) is 3. The van der Waals surface area contributed by atoms with Gasteiger partial charge in [0.1, 0.15) is 3.55 Å². The van der Waals surface area contributed by atoms with Gasteiger partial charge in [-0.1, -0.05) is 22.6 Å². The van der Waals surface area contributed by atoms with Crippen LogP contribution in [-0.2, 0) is 14.4 Å². The fraction of sp³-hybridized carbons (Fsp3) is 0.364. The zero-order valence-corrected chi connectivity index (χ0v) is 16.9. The maximum absolute atomic E-state index is 11.5. The van der Waals surface area contributed by atoms with Crippen LogP contribution < -0.4 is 10.6 Å². The number of hydrogen-bond donors (Lipinski definition) is 3. The van der Waals surface area contributed by atoms with Crippen molar-refractivity contribution in [1.29, 1.82) is 0 Å². The van der Waals surface area contributed by atoms with Crippen LogP contribution in [0.5, 0.6) is 0 Å². The molecule has 21 heavy (non-hydrogen) atoms. The first kappa shape index (κ1) is 22.1. The van der Waals surface area contributed by atoms with E-state index < -0.39 is 13.4 Å². The molecule has 1 rings (SSSR count). The zero-order chi connectivity index (χ0) is 15.7. The monoisotopic (exact) mass is 640 g/mol. The molecule has 3 N–H and O–H groups in total. The second kappa shape index (κ2) is 8.80. The summed E-state index contributed by atoms with van der Waals surface area (Å²) in [7, 11) is 0. The van der Waals surface area contributed by atoms with E-state index in [-0.39, 0.29) is 46.9 Å². The van der Waals surface area contributed by atoms with E-state index in [1.165, 1.54) is 13.8 Å². The van der Waals surface area contributed by atoms with Gasteiger partial charge in [-0.05, 0) is 51.3 Å². The summed E-state index contributed by atoms with van der Waals surface area (Å²) in [6, 6.07) is 0. The molecular weight excluding hydrogens is 628 g/mol. The molecule has 0 fully saturated rings. The van der Waals surface area contributed by atoms with Gasteiger partial charge in [0.2, 0.25) is 11.8 Å². The number of rotatable bonds is 3. The molecule has 0 aromatic rings. The molecule has 2 unspecified atom stereocenters. The van der Waals surface area contributed by atoms with Crippen LogP contribution in [0.2, 0.25) is 0 Å². The number of carbonyl (C=O) groups excluding carboxylic acids is 2. The minimum absolute atomic E-state index is 0. The third kappa shape index (κ3) is 5.58. The summed E-state index contributed by atoms with van der Waals surface area (Å²) in [4.78, 5) is 34.0. The Labute approximate surface area is 185 Å². The number of amides is 2. The minimum atomic E-state index is -1.07. The Bertz CT molecular complexity index is 550. The first-order valence-corrected chi connectivity index (χ1v) is 8.74. The van der Waals surface area contributed by atoms with E-state index in [4.69, 9.17) is 0 Å². The van der Waals surface area contributed by atoms with Crippen molar-refractivity contribution >= 4 is 115 Å². The maximum atomic E-state index is 11.5. The molecule has 0 saturated heterocycles. The van der Waals surface area contributed by atoms with E-state index in [1.54, 1.807) is 6.08 Å². The van der Waals surface area contributed by atoms with Crippen molar-refractivity contribution in [3.8, 4) is 0 Å². The Morgan fingerprint density at radius 1 is 1.29 bits per heavy atom. The van der Waals surface area contributed by atoms with Crippen LogP contribution in [0.25, 0.3) is 0 Å². The van der Waals surface area contributed by atoms with Crippen molar-refractivity contribution < 1.29 is 19.5 Å². The van der Waals surface area contributed by atoms with Gasteiger partial charge in [0.25, 0.3) is 0 Å². The number of carboxylic acid groups (broad SMARTS) is 1. The van der Waals surface area contributed by atoms with Crippen molar-refractivity contribution in [2.24, 2.45) is 0 Å². The molecule has 1 aliphatic rings. The van der Waals surface area contributed by atoms with E-state index in [0.29, 0.717) is 9.28 Å². The van der Waals surface area contributed by atoms with Gasteiger partial charge in [-0.25, -0.2) is 4.79 Å². The Balaban J connectivity index is 0.00000400. The quantitative estimate of drug-likeness (QED) is 0.187. The predicted octanol–water partition coefficient (Wildman–Crippen LogP) is 1.22. The number of alkyl halides is 2. The Hall–Kier alpha value is 1.08. The summed E-state index contributed by atoms with van der Waals surface area (Å²) in [5.74, 6) is -1.65. The molecule has 0 radical (unpaired) electrons. The predicted molar refractivity (Wildman–Crippen MR) is 106 cm³/mol. The van der Waals surface area contributed by atoms with Crippen LogP contribution in [0, 0.1) is 0 Å². The summed E-state index contributed by atoms with van der Waals surface area (Å²) in [5.41, 5.74) is 0.548. The molecular formula is C11H12I3N2NaO4. The molecule has 0 saturated carbocycles. The van der Waals surface area contributed by atoms with E-state index in [2.05, 4.69) is 10.6 Å². The average molecular weight is 640 g/mol. The summed E-state index contributed by atoms with van der Waals surface area (Å²) >= 11 is 5.86. The molecule has 2 amide bonds. The van der Waals surface area contributed by atoms with Crippen LogP contribution in [0.1, 0.15) is 13.8 Å². The summed E-state index contributed by atoms with van der Waals surface area (Å²) in [5, 5.41) is 14.7. The number of allylic oxidation sites excluding steroid dienone is 1. The molecule has 2 atom stereocenters. The molecule has 0 aromatic heterocycles. The van der Waals surface area contributed by atoms with Crippen molar-refractivity contribution in [3.63, 3.8) is 0 Å². The fourth-order valence-electron chi connectivity index (χ4n) is 1.67. The van der Waals surface area contributed by atoms with Gasteiger partial charge in [-0.2, -0.15) is 0 Å². The van der Waals surface area contributed by atoms with Gasteiger partial charge in [-0.15, -0.1) is 0 Å². The molecule has 0 aromatic carbocycles. The number of nitrogens with one attached hydrogen (secondary N) is 2. The molecule has 1 aliphatic carbocycles. The number of aliphatic carboxylic acids is 1. The number of halogens is 3. The molecule has 112 valence electrons. The topological polar surface area (TPSA) is 95.5 Å². The van der Waals surface area contributed by atoms with Crippen LogP contribution in [0.4, 0.5) is 0 Å². The fourth-order valence-corrected chi connectivity index (χ4v) is 5.01. The third-order valence-corrected chi connectivity index (χ3v) is 7.52. The van der Waals surface area contributed by atoms with Gasteiger partial charge in [-0.3, -0.25) is 9.59 Å². The van der Waals surface area contributed by atoms with Gasteiger partial charge in [0.05, 0.1) is 15.2 Å². The van der Waals surface area contributed by atoms with Crippen molar-refractivity contribution in [2.75, 3.05) is 0 Å². The van der Waals surface area contributed by atoms with Crippen LogP contribution >= 0.6 is 67.8 Å².